The molecule has 9 heteroatoms. The SMILES string of the molecule is CCCCCCOc1ccc(CCc2ccc3c(F)c(CCc4cc(F)c(OC(F)(F)F)c(F)c4)ccc3c2)nc1. The van der Waals surface area contributed by atoms with Crippen molar-refractivity contribution in [1.29, 1.82) is 0 Å². The third kappa shape index (κ3) is 8.62. The summed E-state index contributed by atoms with van der Waals surface area (Å²) >= 11 is 0. The summed E-state index contributed by atoms with van der Waals surface area (Å²) in [5.74, 6) is -4.14. The second-order valence-electron chi connectivity index (χ2n) is 9.92. The van der Waals surface area contributed by atoms with Gasteiger partial charge in [0.25, 0.3) is 0 Å². The Bertz CT molecular complexity index is 1430. The molecule has 0 amide bonds. The fourth-order valence-corrected chi connectivity index (χ4v) is 4.62. The van der Waals surface area contributed by atoms with Crippen molar-refractivity contribution < 1.29 is 35.8 Å². The van der Waals surface area contributed by atoms with Gasteiger partial charge in [-0.25, -0.2) is 13.2 Å². The minimum Gasteiger partial charge on any atom is -0.492 e. The fraction of sp³-hybridized carbons (Fsp3) is 0.344. The van der Waals surface area contributed by atoms with Crippen LogP contribution in [-0.2, 0) is 25.7 Å². The molecule has 4 aromatic rings. The molecule has 0 aliphatic rings. The molecule has 0 N–H and O–H groups in total. The van der Waals surface area contributed by atoms with Crippen molar-refractivity contribution in [2.75, 3.05) is 6.61 Å². The average Bonchev–Trinajstić information content (AvgIpc) is 2.93. The third-order valence-electron chi connectivity index (χ3n) is 6.79. The lowest BCUT2D eigenvalue weighted by Gasteiger charge is -2.12. The van der Waals surface area contributed by atoms with E-state index in [0.717, 1.165) is 42.0 Å². The third-order valence-corrected chi connectivity index (χ3v) is 6.79. The van der Waals surface area contributed by atoms with Crippen molar-refractivity contribution in [2.45, 2.75) is 64.7 Å². The van der Waals surface area contributed by atoms with Crippen LogP contribution in [-0.4, -0.2) is 18.0 Å². The van der Waals surface area contributed by atoms with E-state index in [2.05, 4.69) is 16.6 Å². The first kappa shape index (κ1) is 30.2. The molecule has 0 bridgehead atoms. The molecule has 0 radical (unpaired) electrons. The predicted molar refractivity (Wildman–Crippen MR) is 146 cm³/mol. The van der Waals surface area contributed by atoms with E-state index in [1.54, 1.807) is 24.4 Å². The number of ether oxygens (including phenoxy) is 2. The van der Waals surface area contributed by atoms with Crippen LogP contribution in [0.4, 0.5) is 26.3 Å². The summed E-state index contributed by atoms with van der Waals surface area (Å²) in [6.45, 7) is 2.85. The topological polar surface area (TPSA) is 31.4 Å². The zero-order chi connectivity index (χ0) is 29.4. The van der Waals surface area contributed by atoms with Gasteiger partial charge in [-0.3, -0.25) is 4.98 Å². The molecule has 0 unspecified atom stereocenters. The number of hydrogen-bond donors (Lipinski definition) is 0. The lowest BCUT2D eigenvalue weighted by molar-refractivity contribution is -0.276. The molecule has 218 valence electrons. The van der Waals surface area contributed by atoms with Crippen LogP contribution in [0.15, 0.2) is 60.8 Å². The maximum Gasteiger partial charge on any atom is 0.573 e. The smallest absolute Gasteiger partial charge is 0.492 e. The predicted octanol–water partition coefficient (Wildman–Crippen LogP) is 9.08. The van der Waals surface area contributed by atoms with E-state index in [9.17, 15) is 22.0 Å². The number of hydrogen-bond acceptors (Lipinski definition) is 3. The largest absolute Gasteiger partial charge is 0.573 e. The Labute approximate surface area is 235 Å². The first-order chi connectivity index (χ1) is 19.6. The highest BCUT2D eigenvalue weighted by atomic mass is 19.4. The van der Waals surface area contributed by atoms with Crippen molar-refractivity contribution in [3.8, 4) is 11.5 Å². The second-order valence-corrected chi connectivity index (χ2v) is 9.92. The molecule has 4 rings (SSSR count). The molecule has 0 aliphatic carbocycles. The summed E-state index contributed by atoms with van der Waals surface area (Å²) in [7, 11) is 0. The van der Waals surface area contributed by atoms with Crippen LogP contribution < -0.4 is 9.47 Å². The summed E-state index contributed by atoms with van der Waals surface area (Å²) in [6.07, 6.45) is 2.64. The zero-order valence-corrected chi connectivity index (χ0v) is 22.7. The van der Waals surface area contributed by atoms with Crippen LogP contribution in [0.5, 0.6) is 11.5 Å². The molecule has 0 aliphatic heterocycles. The van der Waals surface area contributed by atoms with Crippen LogP contribution >= 0.6 is 0 Å². The lowest BCUT2D eigenvalue weighted by Crippen LogP contribution is -2.19. The van der Waals surface area contributed by atoms with Crippen LogP contribution in [0, 0.1) is 17.5 Å². The Hall–Kier alpha value is -3.75. The van der Waals surface area contributed by atoms with Crippen molar-refractivity contribution in [3.63, 3.8) is 0 Å². The minimum absolute atomic E-state index is 0.0241. The first-order valence-electron chi connectivity index (χ1n) is 13.6. The number of aromatic nitrogens is 1. The molecule has 1 heterocycles. The number of halogens is 6. The van der Waals surface area contributed by atoms with E-state index in [0.29, 0.717) is 35.8 Å². The van der Waals surface area contributed by atoms with Gasteiger partial charge in [0.05, 0.1) is 12.8 Å². The second kappa shape index (κ2) is 13.7. The first-order valence-corrected chi connectivity index (χ1v) is 13.6. The quantitative estimate of drug-likeness (QED) is 0.118. The molecule has 0 saturated heterocycles. The number of alkyl halides is 3. The van der Waals surface area contributed by atoms with Crippen molar-refractivity contribution in [2.24, 2.45) is 0 Å². The molecular formula is C32H31F6NO2. The number of fused-ring (bicyclic) bond motifs is 1. The fourth-order valence-electron chi connectivity index (χ4n) is 4.62. The maximum atomic E-state index is 15.2. The van der Waals surface area contributed by atoms with Gasteiger partial charge in [0, 0.05) is 11.1 Å². The van der Waals surface area contributed by atoms with Crippen LogP contribution in [0.3, 0.4) is 0 Å². The molecule has 1 aromatic heterocycles. The Morgan fingerprint density at radius 2 is 1.51 bits per heavy atom. The highest BCUT2D eigenvalue weighted by Gasteiger charge is 2.34. The van der Waals surface area contributed by atoms with E-state index in [1.165, 1.54) is 12.8 Å². The molecule has 3 aromatic carbocycles. The van der Waals surface area contributed by atoms with Crippen molar-refractivity contribution in [1.82, 2.24) is 4.98 Å². The number of rotatable bonds is 13. The van der Waals surface area contributed by atoms with Gasteiger partial charge in [-0.15, -0.1) is 13.2 Å². The summed E-state index contributed by atoms with van der Waals surface area (Å²) < 4.78 is 89.5. The monoisotopic (exact) mass is 575 g/mol. The molecule has 0 spiro atoms. The summed E-state index contributed by atoms with van der Waals surface area (Å²) in [6, 6.07) is 14.3. The molecule has 0 fully saturated rings. The summed E-state index contributed by atoms with van der Waals surface area (Å²) in [4.78, 5) is 4.48. The van der Waals surface area contributed by atoms with Crippen molar-refractivity contribution in [3.05, 3.63) is 101 Å². The zero-order valence-electron chi connectivity index (χ0n) is 22.7. The highest BCUT2D eigenvalue weighted by Crippen LogP contribution is 2.30. The van der Waals surface area contributed by atoms with Gasteiger partial charge in [-0.2, -0.15) is 0 Å². The Morgan fingerprint density at radius 3 is 2.20 bits per heavy atom. The standard InChI is InChI=1S/C32H31F6NO2/c1-2-3-4-5-16-40-26-14-13-25(39-20-26)12-7-21-8-15-27-24(17-21)11-10-23(30(27)35)9-6-22-18-28(33)31(29(34)19-22)41-32(36,37)38/h8,10-11,13-15,17-20H,2-7,9,12,16H2,1H3. The number of aryl methyl sites for hydroxylation is 4. The van der Waals surface area contributed by atoms with E-state index < -0.39 is 29.6 Å². The Kier molecular flexibility index (Phi) is 10.1. The van der Waals surface area contributed by atoms with E-state index in [1.807, 2.05) is 24.3 Å². The van der Waals surface area contributed by atoms with E-state index >= 15 is 4.39 Å². The average molecular weight is 576 g/mol. The number of nitrogens with zero attached hydrogens (tertiary/aromatic N) is 1. The lowest BCUT2D eigenvalue weighted by atomic mass is 9.97. The molecule has 41 heavy (non-hydrogen) atoms. The van der Waals surface area contributed by atoms with Crippen LogP contribution in [0.2, 0.25) is 0 Å². The Balaban J connectivity index is 1.34. The highest BCUT2D eigenvalue weighted by molar-refractivity contribution is 5.84. The van der Waals surface area contributed by atoms with E-state index in [4.69, 9.17) is 4.74 Å². The van der Waals surface area contributed by atoms with E-state index in [-0.39, 0.29) is 18.4 Å². The summed E-state index contributed by atoms with van der Waals surface area (Å²) in [5.41, 5.74) is 2.37. The number of pyridine rings is 1. The van der Waals surface area contributed by atoms with Gasteiger partial charge in [-0.1, -0.05) is 56.5 Å². The molecular weight excluding hydrogens is 544 g/mol. The molecule has 0 atom stereocenters. The maximum absolute atomic E-state index is 15.2. The summed E-state index contributed by atoms with van der Waals surface area (Å²) in [5, 5.41) is 1.13. The van der Waals surface area contributed by atoms with Crippen molar-refractivity contribution >= 4 is 10.8 Å². The molecule has 0 saturated carbocycles. The van der Waals surface area contributed by atoms with Gasteiger partial charge in [0.1, 0.15) is 11.6 Å². The van der Waals surface area contributed by atoms with Gasteiger partial charge in [0.15, 0.2) is 11.6 Å². The van der Waals surface area contributed by atoms with Gasteiger partial charge < -0.3 is 9.47 Å². The minimum atomic E-state index is -5.22. The van der Waals surface area contributed by atoms with Crippen LogP contribution in [0.1, 0.15) is 55.0 Å². The number of unbranched alkanes of at least 4 members (excludes halogenated alkanes) is 3. The van der Waals surface area contributed by atoms with Gasteiger partial charge in [-0.05, 0) is 78.4 Å². The molecule has 3 nitrogen and oxygen atoms in total. The Morgan fingerprint density at radius 1 is 0.756 bits per heavy atom. The van der Waals surface area contributed by atoms with Crippen LogP contribution in [0.25, 0.3) is 10.8 Å². The normalized spacial score (nSPS) is 11.7. The van der Waals surface area contributed by atoms with Gasteiger partial charge in [0.2, 0.25) is 5.75 Å². The number of benzene rings is 3. The van der Waals surface area contributed by atoms with Gasteiger partial charge >= 0.3 is 6.36 Å².